The van der Waals surface area contributed by atoms with Crippen LogP contribution in [0.3, 0.4) is 0 Å². The Morgan fingerprint density at radius 2 is 1.76 bits per heavy atom. The average molecular weight is 431 g/mol. The van der Waals surface area contributed by atoms with E-state index in [1.807, 2.05) is 0 Å². The maximum absolute atomic E-state index is 12.5. The summed E-state index contributed by atoms with van der Waals surface area (Å²) < 4.78 is 21.4. The summed E-state index contributed by atoms with van der Waals surface area (Å²) in [5.41, 5.74) is 3.87. The van der Waals surface area contributed by atoms with Crippen LogP contribution in [0.1, 0.15) is 21.5 Å². The molecule has 2 aromatic carbocycles. The summed E-state index contributed by atoms with van der Waals surface area (Å²) in [7, 11) is -2.41. The number of aromatic nitrogens is 1. The zero-order valence-electron chi connectivity index (χ0n) is 15.3. The molecule has 0 fully saturated rings. The Morgan fingerprint density at radius 3 is 2.38 bits per heavy atom. The third kappa shape index (κ3) is 5.63. The minimum atomic E-state index is -2.41. The van der Waals surface area contributed by atoms with E-state index in [0.717, 1.165) is 5.56 Å². The standard InChI is InChI=1S/C21H19ClN2O4S/c22-19-7-6-17(11-18(19)20-8-3-15(13-25)12-23-20)24-21(26)16-4-1-14(2-5-16)9-10-29(27)28/h1-8,11-12,25,29H,9-10,13H2,(H,24,26). The van der Waals surface area contributed by atoms with Gasteiger partial charge in [0.15, 0.2) is 0 Å². The number of aliphatic hydroxyl groups excluding tert-OH is 1. The van der Waals surface area contributed by atoms with Gasteiger partial charge in [0, 0.05) is 23.0 Å². The number of halogens is 1. The van der Waals surface area contributed by atoms with Gasteiger partial charge in [-0.2, -0.15) is 0 Å². The number of hydrogen-bond acceptors (Lipinski definition) is 5. The van der Waals surface area contributed by atoms with Crippen LogP contribution in [0.4, 0.5) is 5.69 Å². The van der Waals surface area contributed by atoms with Gasteiger partial charge in [-0.05, 0) is 53.9 Å². The van der Waals surface area contributed by atoms with E-state index in [-0.39, 0.29) is 18.3 Å². The van der Waals surface area contributed by atoms with E-state index in [1.54, 1.807) is 60.8 Å². The lowest BCUT2D eigenvalue weighted by molar-refractivity contribution is 0.102. The highest BCUT2D eigenvalue weighted by Gasteiger charge is 2.10. The fourth-order valence-corrected chi connectivity index (χ4v) is 3.38. The lowest BCUT2D eigenvalue weighted by Crippen LogP contribution is -2.12. The number of carbonyl (C=O) groups excluding carboxylic acids is 1. The van der Waals surface area contributed by atoms with Crippen molar-refractivity contribution in [3.05, 3.63) is 82.5 Å². The van der Waals surface area contributed by atoms with E-state index in [9.17, 15) is 13.2 Å². The smallest absolute Gasteiger partial charge is 0.255 e. The Balaban J connectivity index is 1.75. The molecule has 6 nitrogen and oxygen atoms in total. The van der Waals surface area contributed by atoms with Gasteiger partial charge in [0.1, 0.15) is 10.7 Å². The quantitative estimate of drug-likeness (QED) is 0.500. The second kappa shape index (κ2) is 9.65. The summed E-state index contributed by atoms with van der Waals surface area (Å²) in [6.07, 6.45) is 1.99. The molecular weight excluding hydrogens is 412 g/mol. The number of aryl methyl sites for hydroxylation is 1. The van der Waals surface area contributed by atoms with Gasteiger partial charge in [0.2, 0.25) is 0 Å². The van der Waals surface area contributed by atoms with Crippen LogP contribution < -0.4 is 5.32 Å². The lowest BCUT2D eigenvalue weighted by atomic mass is 10.1. The zero-order valence-corrected chi connectivity index (χ0v) is 17.0. The summed E-state index contributed by atoms with van der Waals surface area (Å²) in [4.78, 5) is 16.8. The Bertz CT molecular complexity index is 1070. The number of nitrogens with zero attached hydrogens (tertiary/aromatic N) is 1. The Labute approximate surface area is 175 Å². The number of amides is 1. The third-order valence-electron chi connectivity index (χ3n) is 4.31. The molecule has 0 saturated heterocycles. The predicted octanol–water partition coefficient (Wildman–Crippen LogP) is 3.30. The molecular formula is C21H19ClN2O4S. The normalized spacial score (nSPS) is 10.9. The second-order valence-electron chi connectivity index (χ2n) is 6.36. The first-order chi connectivity index (χ1) is 14.0. The molecule has 1 aromatic heterocycles. The van der Waals surface area contributed by atoms with Crippen LogP contribution in [0.5, 0.6) is 0 Å². The van der Waals surface area contributed by atoms with Crippen LogP contribution >= 0.6 is 11.6 Å². The summed E-state index contributed by atoms with van der Waals surface area (Å²) in [5.74, 6) is -0.204. The fraction of sp³-hybridized carbons (Fsp3) is 0.143. The molecule has 8 heteroatoms. The predicted molar refractivity (Wildman–Crippen MR) is 114 cm³/mol. The van der Waals surface area contributed by atoms with Crippen molar-refractivity contribution < 1.29 is 18.3 Å². The van der Waals surface area contributed by atoms with Crippen molar-refractivity contribution in [2.45, 2.75) is 13.0 Å². The summed E-state index contributed by atoms with van der Waals surface area (Å²) >= 11 is 6.28. The van der Waals surface area contributed by atoms with Crippen LogP contribution in [-0.2, 0) is 23.7 Å². The number of hydrogen-bond donors (Lipinski definition) is 3. The molecule has 0 bridgehead atoms. The van der Waals surface area contributed by atoms with E-state index >= 15 is 0 Å². The number of benzene rings is 2. The summed E-state index contributed by atoms with van der Waals surface area (Å²) in [5, 5.41) is 12.5. The molecule has 0 atom stereocenters. The highest BCUT2D eigenvalue weighted by atomic mass is 35.5. The molecule has 0 aliphatic carbocycles. The van der Waals surface area contributed by atoms with Gasteiger partial charge in [0.05, 0.1) is 23.1 Å². The van der Waals surface area contributed by atoms with Crippen molar-refractivity contribution in [1.82, 2.24) is 4.98 Å². The molecule has 0 saturated carbocycles. The largest absolute Gasteiger partial charge is 0.392 e. The number of aliphatic hydroxyl groups is 1. The van der Waals surface area contributed by atoms with Gasteiger partial charge in [-0.15, -0.1) is 0 Å². The first kappa shape index (κ1) is 21.0. The Morgan fingerprint density at radius 1 is 1.03 bits per heavy atom. The number of anilines is 1. The molecule has 150 valence electrons. The number of carbonyl (C=O) groups is 1. The van der Waals surface area contributed by atoms with Crippen molar-refractivity contribution in [1.29, 1.82) is 0 Å². The summed E-state index contributed by atoms with van der Waals surface area (Å²) in [6.45, 7) is -0.0921. The van der Waals surface area contributed by atoms with E-state index in [2.05, 4.69) is 10.3 Å². The molecule has 0 aliphatic heterocycles. The fourth-order valence-electron chi connectivity index (χ4n) is 2.72. The maximum Gasteiger partial charge on any atom is 0.255 e. The molecule has 3 rings (SSSR count). The molecule has 2 N–H and O–H groups in total. The molecule has 0 radical (unpaired) electrons. The van der Waals surface area contributed by atoms with E-state index in [1.165, 1.54) is 0 Å². The Hall–Kier alpha value is -2.74. The van der Waals surface area contributed by atoms with Crippen molar-refractivity contribution in [2.75, 3.05) is 11.1 Å². The molecule has 3 aromatic rings. The molecule has 0 unspecified atom stereocenters. The molecule has 0 spiro atoms. The minimum absolute atomic E-state index is 0.0851. The zero-order chi connectivity index (χ0) is 20.8. The first-order valence-electron chi connectivity index (χ1n) is 8.84. The second-order valence-corrected chi connectivity index (χ2v) is 7.88. The topological polar surface area (TPSA) is 96.4 Å². The van der Waals surface area contributed by atoms with E-state index < -0.39 is 10.7 Å². The number of nitrogens with one attached hydrogen (secondary N) is 1. The van der Waals surface area contributed by atoms with Crippen LogP contribution in [-0.4, -0.2) is 30.2 Å². The molecule has 29 heavy (non-hydrogen) atoms. The van der Waals surface area contributed by atoms with Crippen molar-refractivity contribution in [3.63, 3.8) is 0 Å². The van der Waals surface area contributed by atoms with Gasteiger partial charge < -0.3 is 10.4 Å². The highest BCUT2D eigenvalue weighted by Crippen LogP contribution is 2.29. The highest BCUT2D eigenvalue weighted by molar-refractivity contribution is 7.72. The molecule has 1 heterocycles. The van der Waals surface area contributed by atoms with Crippen LogP contribution in [0.15, 0.2) is 60.8 Å². The van der Waals surface area contributed by atoms with Gasteiger partial charge >= 0.3 is 0 Å². The number of rotatable bonds is 7. The maximum atomic E-state index is 12.5. The van der Waals surface area contributed by atoms with E-state index in [0.29, 0.717) is 39.5 Å². The van der Waals surface area contributed by atoms with Crippen molar-refractivity contribution in [2.24, 2.45) is 0 Å². The van der Waals surface area contributed by atoms with Gasteiger partial charge in [0.25, 0.3) is 5.91 Å². The average Bonchev–Trinajstić information content (AvgIpc) is 2.74. The van der Waals surface area contributed by atoms with Crippen molar-refractivity contribution in [3.8, 4) is 11.3 Å². The van der Waals surface area contributed by atoms with Crippen LogP contribution in [0.2, 0.25) is 5.02 Å². The first-order valence-corrected chi connectivity index (χ1v) is 10.6. The third-order valence-corrected chi connectivity index (χ3v) is 5.23. The summed E-state index contributed by atoms with van der Waals surface area (Å²) in [6, 6.07) is 15.4. The van der Waals surface area contributed by atoms with Crippen LogP contribution in [0, 0.1) is 0 Å². The molecule has 0 aliphatic rings. The minimum Gasteiger partial charge on any atom is -0.392 e. The van der Waals surface area contributed by atoms with Gasteiger partial charge in [-0.1, -0.05) is 29.8 Å². The number of pyridine rings is 1. The Kier molecular flexibility index (Phi) is 6.98. The van der Waals surface area contributed by atoms with Crippen LogP contribution in [0.25, 0.3) is 11.3 Å². The van der Waals surface area contributed by atoms with Gasteiger partial charge in [-0.25, -0.2) is 8.42 Å². The van der Waals surface area contributed by atoms with E-state index in [4.69, 9.17) is 16.7 Å². The molecule has 1 amide bonds. The lowest BCUT2D eigenvalue weighted by Gasteiger charge is -2.10. The van der Waals surface area contributed by atoms with Gasteiger partial charge in [-0.3, -0.25) is 9.78 Å². The monoisotopic (exact) mass is 430 g/mol. The number of thiol groups is 1. The SMILES string of the molecule is O=C(Nc1ccc(Cl)c(-c2ccc(CO)cn2)c1)c1ccc(CC[SH](=O)=O)cc1. The van der Waals surface area contributed by atoms with Crippen molar-refractivity contribution >= 4 is 33.9 Å².